The third-order valence-corrected chi connectivity index (χ3v) is 5.57. The van der Waals surface area contributed by atoms with Crippen LogP contribution in [-0.4, -0.2) is 30.9 Å². The van der Waals surface area contributed by atoms with Gasteiger partial charge in [0.15, 0.2) is 17.2 Å². The smallest absolute Gasteiger partial charge is 0.274 e. The number of thiophene rings is 1. The van der Waals surface area contributed by atoms with Crippen LogP contribution in [0.2, 0.25) is 0 Å². The Labute approximate surface area is 158 Å². The lowest BCUT2D eigenvalue weighted by molar-refractivity contribution is 0.0940. The number of nitrogens with zero attached hydrogens (tertiary/aromatic N) is 5. The van der Waals surface area contributed by atoms with Crippen LogP contribution in [-0.2, 0) is 19.4 Å². The first-order chi connectivity index (χ1) is 13.3. The summed E-state index contributed by atoms with van der Waals surface area (Å²) in [6, 6.07) is 7.78. The van der Waals surface area contributed by atoms with E-state index >= 15 is 0 Å². The molecule has 136 valence electrons. The van der Waals surface area contributed by atoms with E-state index in [1.165, 1.54) is 0 Å². The van der Waals surface area contributed by atoms with Crippen molar-refractivity contribution in [2.75, 3.05) is 0 Å². The SMILES string of the molecule is O=C(NCc1nnc2ccc(-c3cccs3)nn12)c1noc2c1CCCC2. The van der Waals surface area contributed by atoms with Gasteiger partial charge in [-0.15, -0.1) is 21.5 Å². The van der Waals surface area contributed by atoms with Gasteiger partial charge in [0.1, 0.15) is 11.5 Å². The average molecular weight is 380 g/mol. The molecule has 4 heterocycles. The molecule has 27 heavy (non-hydrogen) atoms. The van der Waals surface area contributed by atoms with Crippen molar-refractivity contribution in [3.63, 3.8) is 0 Å². The van der Waals surface area contributed by atoms with Crippen molar-refractivity contribution in [3.8, 4) is 10.6 Å². The van der Waals surface area contributed by atoms with Crippen molar-refractivity contribution in [2.45, 2.75) is 32.2 Å². The number of aryl methyl sites for hydroxylation is 1. The molecular formula is C18H16N6O2S. The van der Waals surface area contributed by atoms with Gasteiger partial charge in [-0.2, -0.15) is 9.61 Å². The highest BCUT2D eigenvalue weighted by atomic mass is 32.1. The first-order valence-corrected chi connectivity index (χ1v) is 9.68. The van der Waals surface area contributed by atoms with Crippen molar-refractivity contribution < 1.29 is 9.32 Å². The van der Waals surface area contributed by atoms with E-state index in [0.29, 0.717) is 17.2 Å². The molecule has 4 aromatic rings. The molecule has 0 bridgehead atoms. The minimum Gasteiger partial charge on any atom is -0.360 e. The second kappa shape index (κ2) is 6.58. The van der Waals surface area contributed by atoms with E-state index in [0.717, 1.165) is 47.6 Å². The highest BCUT2D eigenvalue weighted by Crippen LogP contribution is 2.24. The number of nitrogens with one attached hydrogen (secondary N) is 1. The van der Waals surface area contributed by atoms with E-state index in [9.17, 15) is 4.79 Å². The Kier molecular flexibility index (Phi) is 3.93. The number of aromatic nitrogens is 5. The van der Waals surface area contributed by atoms with Gasteiger partial charge < -0.3 is 9.84 Å². The number of carbonyl (C=O) groups is 1. The normalized spacial score (nSPS) is 13.6. The number of amides is 1. The third-order valence-electron chi connectivity index (χ3n) is 4.67. The number of carbonyl (C=O) groups excluding carboxylic acids is 1. The van der Waals surface area contributed by atoms with E-state index in [-0.39, 0.29) is 12.5 Å². The molecule has 0 atom stereocenters. The van der Waals surface area contributed by atoms with Crippen LogP contribution in [0.25, 0.3) is 16.2 Å². The fourth-order valence-corrected chi connectivity index (χ4v) is 4.00. The van der Waals surface area contributed by atoms with E-state index in [1.54, 1.807) is 15.9 Å². The molecule has 0 aliphatic heterocycles. The second-order valence-electron chi connectivity index (χ2n) is 6.40. The summed E-state index contributed by atoms with van der Waals surface area (Å²) in [4.78, 5) is 13.6. The summed E-state index contributed by atoms with van der Waals surface area (Å²) >= 11 is 1.62. The molecule has 4 aromatic heterocycles. The lowest BCUT2D eigenvalue weighted by Crippen LogP contribution is -2.26. The van der Waals surface area contributed by atoms with Crippen molar-refractivity contribution in [1.82, 2.24) is 30.3 Å². The van der Waals surface area contributed by atoms with Gasteiger partial charge >= 0.3 is 0 Å². The van der Waals surface area contributed by atoms with Crippen molar-refractivity contribution in [1.29, 1.82) is 0 Å². The fourth-order valence-electron chi connectivity index (χ4n) is 3.31. The second-order valence-corrected chi connectivity index (χ2v) is 7.35. The first-order valence-electron chi connectivity index (χ1n) is 8.80. The zero-order valence-corrected chi connectivity index (χ0v) is 15.2. The average Bonchev–Trinajstić information content (AvgIpc) is 3.45. The fraction of sp³-hybridized carbons (Fsp3) is 0.278. The van der Waals surface area contributed by atoms with Gasteiger partial charge in [0.05, 0.1) is 11.4 Å². The quantitative estimate of drug-likeness (QED) is 0.584. The first kappa shape index (κ1) is 16.1. The summed E-state index contributed by atoms with van der Waals surface area (Å²) < 4.78 is 6.98. The van der Waals surface area contributed by atoms with Gasteiger partial charge in [0.25, 0.3) is 5.91 Å². The predicted molar refractivity (Wildman–Crippen MR) is 98.4 cm³/mol. The molecular weight excluding hydrogens is 364 g/mol. The molecule has 0 radical (unpaired) electrons. The van der Waals surface area contributed by atoms with Gasteiger partial charge in [0, 0.05) is 12.0 Å². The molecule has 0 aromatic carbocycles. The van der Waals surface area contributed by atoms with Crippen LogP contribution < -0.4 is 5.32 Å². The van der Waals surface area contributed by atoms with Crippen LogP contribution in [0.4, 0.5) is 0 Å². The Balaban J connectivity index is 1.38. The Morgan fingerprint density at radius 2 is 2.15 bits per heavy atom. The van der Waals surface area contributed by atoms with Gasteiger partial charge in [-0.05, 0) is 42.8 Å². The van der Waals surface area contributed by atoms with E-state index in [2.05, 4.69) is 25.8 Å². The third kappa shape index (κ3) is 2.89. The Morgan fingerprint density at radius 3 is 3.04 bits per heavy atom. The highest BCUT2D eigenvalue weighted by molar-refractivity contribution is 7.13. The van der Waals surface area contributed by atoms with Crippen LogP contribution in [0.5, 0.6) is 0 Å². The number of hydrogen-bond acceptors (Lipinski definition) is 7. The number of rotatable bonds is 4. The summed E-state index contributed by atoms with van der Waals surface area (Å²) in [5.41, 5.74) is 2.79. The standard InChI is InChI=1S/C18H16N6O2S/c25-18(17-11-4-1-2-5-13(11)26-23-17)19-10-16-21-20-15-8-7-12(22-24(15)16)14-6-3-9-27-14/h3,6-9H,1-2,4-5,10H2,(H,19,25). The minimum atomic E-state index is -0.256. The predicted octanol–water partition coefficient (Wildman–Crippen LogP) is 2.65. The Morgan fingerprint density at radius 1 is 1.22 bits per heavy atom. The number of fused-ring (bicyclic) bond motifs is 2. The van der Waals surface area contributed by atoms with Gasteiger partial charge in [-0.3, -0.25) is 4.79 Å². The molecule has 8 nitrogen and oxygen atoms in total. The van der Waals surface area contributed by atoms with Gasteiger partial charge in [-0.1, -0.05) is 11.2 Å². The highest BCUT2D eigenvalue weighted by Gasteiger charge is 2.24. The molecule has 1 aliphatic carbocycles. The summed E-state index contributed by atoms with van der Waals surface area (Å²) in [5, 5.41) is 21.7. The van der Waals surface area contributed by atoms with E-state index < -0.39 is 0 Å². The maximum Gasteiger partial charge on any atom is 0.274 e. The lowest BCUT2D eigenvalue weighted by Gasteiger charge is -2.09. The van der Waals surface area contributed by atoms with Gasteiger partial charge in [0.2, 0.25) is 0 Å². The molecule has 0 unspecified atom stereocenters. The molecule has 5 rings (SSSR count). The van der Waals surface area contributed by atoms with Crippen molar-refractivity contribution in [3.05, 3.63) is 52.5 Å². The largest absolute Gasteiger partial charge is 0.360 e. The Hall–Kier alpha value is -3.07. The topological polar surface area (TPSA) is 98.2 Å². The van der Waals surface area contributed by atoms with Crippen LogP contribution in [0, 0.1) is 0 Å². The molecule has 1 amide bonds. The monoisotopic (exact) mass is 380 g/mol. The number of hydrogen-bond donors (Lipinski definition) is 1. The van der Waals surface area contributed by atoms with Gasteiger partial charge in [-0.25, -0.2) is 0 Å². The van der Waals surface area contributed by atoms with E-state index in [1.807, 2.05) is 29.6 Å². The summed E-state index contributed by atoms with van der Waals surface area (Å²) in [5.74, 6) is 1.14. The summed E-state index contributed by atoms with van der Waals surface area (Å²) in [6.07, 6.45) is 3.81. The molecule has 0 fully saturated rings. The molecule has 1 aliphatic rings. The maximum absolute atomic E-state index is 12.6. The molecule has 0 saturated heterocycles. The summed E-state index contributed by atoms with van der Waals surface area (Å²) in [7, 11) is 0. The molecule has 9 heteroatoms. The zero-order chi connectivity index (χ0) is 18.2. The van der Waals surface area contributed by atoms with Crippen LogP contribution >= 0.6 is 11.3 Å². The van der Waals surface area contributed by atoms with Crippen molar-refractivity contribution >= 4 is 22.9 Å². The van der Waals surface area contributed by atoms with Crippen molar-refractivity contribution in [2.24, 2.45) is 0 Å². The molecule has 0 spiro atoms. The Bertz CT molecular complexity index is 1110. The minimum absolute atomic E-state index is 0.211. The van der Waals surface area contributed by atoms with Crippen LogP contribution in [0.3, 0.4) is 0 Å². The zero-order valence-electron chi connectivity index (χ0n) is 14.4. The maximum atomic E-state index is 12.6. The lowest BCUT2D eigenvalue weighted by atomic mass is 9.96. The van der Waals surface area contributed by atoms with Crippen LogP contribution in [0.15, 0.2) is 34.2 Å². The molecule has 0 saturated carbocycles. The van der Waals surface area contributed by atoms with Crippen LogP contribution in [0.1, 0.15) is 40.5 Å². The van der Waals surface area contributed by atoms with E-state index in [4.69, 9.17) is 4.52 Å². The molecule has 1 N–H and O–H groups in total. The summed E-state index contributed by atoms with van der Waals surface area (Å²) in [6.45, 7) is 0.211.